The van der Waals surface area contributed by atoms with E-state index in [1.165, 1.54) is 5.56 Å². The molecule has 1 saturated carbocycles. The Morgan fingerprint density at radius 3 is 2.89 bits per heavy atom. The van der Waals surface area contributed by atoms with Crippen LogP contribution in [0, 0.1) is 0 Å². The van der Waals surface area contributed by atoms with Gasteiger partial charge in [-0.3, -0.25) is 0 Å². The maximum atomic E-state index is 9.84. The number of nitrogens with one attached hydrogen (secondary N) is 1. The van der Waals surface area contributed by atoms with Gasteiger partial charge in [0.25, 0.3) is 0 Å². The van der Waals surface area contributed by atoms with Crippen molar-refractivity contribution in [3.8, 4) is 5.69 Å². The monoisotopic (exact) mass is 257 g/mol. The third-order valence-electron chi connectivity index (χ3n) is 3.78. The van der Waals surface area contributed by atoms with E-state index in [1.807, 2.05) is 29.1 Å². The second-order valence-electron chi connectivity index (χ2n) is 5.06. The molecule has 2 atom stereocenters. The Kier molecular flexibility index (Phi) is 3.62. The molecule has 0 bridgehead atoms. The summed E-state index contributed by atoms with van der Waals surface area (Å²) in [5, 5.41) is 17.6. The molecule has 1 aromatic carbocycles. The van der Waals surface area contributed by atoms with Crippen LogP contribution in [0.3, 0.4) is 0 Å². The zero-order chi connectivity index (χ0) is 13.1. The van der Waals surface area contributed by atoms with Crippen molar-refractivity contribution in [1.82, 2.24) is 15.1 Å². The molecular weight excluding hydrogens is 238 g/mol. The Labute approximate surface area is 113 Å². The number of benzene rings is 1. The molecule has 4 heteroatoms. The van der Waals surface area contributed by atoms with E-state index in [0.717, 1.165) is 31.5 Å². The van der Waals surface area contributed by atoms with Gasteiger partial charge < -0.3 is 10.4 Å². The molecule has 19 heavy (non-hydrogen) atoms. The summed E-state index contributed by atoms with van der Waals surface area (Å²) >= 11 is 0. The third-order valence-corrected chi connectivity index (χ3v) is 3.78. The SMILES string of the molecule is OC1CCCC1NCc1ccccc1-n1cccn1. The summed E-state index contributed by atoms with van der Waals surface area (Å²) in [7, 11) is 0. The molecule has 0 saturated heterocycles. The van der Waals surface area contributed by atoms with Crippen LogP contribution in [0.25, 0.3) is 5.69 Å². The zero-order valence-corrected chi connectivity index (χ0v) is 10.9. The van der Waals surface area contributed by atoms with E-state index >= 15 is 0 Å². The molecule has 2 unspecified atom stereocenters. The summed E-state index contributed by atoms with van der Waals surface area (Å²) in [4.78, 5) is 0. The Morgan fingerprint density at radius 2 is 2.16 bits per heavy atom. The topological polar surface area (TPSA) is 50.1 Å². The Bertz CT molecular complexity index is 524. The number of hydrogen-bond donors (Lipinski definition) is 2. The molecule has 100 valence electrons. The van der Waals surface area contributed by atoms with Crippen LogP contribution in [-0.2, 0) is 6.54 Å². The van der Waals surface area contributed by atoms with E-state index in [1.54, 1.807) is 6.20 Å². The normalized spacial score (nSPS) is 22.8. The van der Waals surface area contributed by atoms with Crippen LogP contribution in [0.5, 0.6) is 0 Å². The van der Waals surface area contributed by atoms with Crippen molar-refractivity contribution in [2.24, 2.45) is 0 Å². The molecule has 3 rings (SSSR count). The van der Waals surface area contributed by atoms with Crippen molar-refractivity contribution in [1.29, 1.82) is 0 Å². The Morgan fingerprint density at radius 1 is 1.26 bits per heavy atom. The molecule has 2 N–H and O–H groups in total. The highest BCUT2D eigenvalue weighted by atomic mass is 16.3. The van der Waals surface area contributed by atoms with Gasteiger partial charge in [0, 0.05) is 25.0 Å². The average molecular weight is 257 g/mol. The molecule has 1 aromatic heterocycles. The van der Waals surface area contributed by atoms with E-state index < -0.39 is 0 Å². The van der Waals surface area contributed by atoms with Crippen LogP contribution < -0.4 is 5.32 Å². The maximum Gasteiger partial charge on any atom is 0.0693 e. The molecule has 0 amide bonds. The molecule has 0 spiro atoms. The smallest absolute Gasteiger partial charge is 0.0693 e. The summed E-state index contributed by atoms with van der Waals surface area (Å²) in [6, 6.07) is 10.4. The Hall–Kier alpha value is -1.65. The van der Waals surface area contributed by atoms with Gasteiger partial charge in [-0.25, -0.2) is 4.68 Å². The molecule has 2 aromatic rings. The first kappa shape index (κ1) is 12.4. The quantitative estimate of drug-likeness (QED) is 0.879. The first-order valence-corrected chi connectivity index (χ1v) is 6.84. The van der Waals surface area contributed by atoms with Gasteiger partial charge in [0.2, 0.25) is 0 Å². The van der Waals surface area contributed by atoms with Gasteiger partial charge in [0.15, 0.2) is 0 Å². The number of aromatic nitrogens is 2. The van der Waals surface area contributed by atoms with Crippen molar-refractivity contribution in [2.45, 2.75) is 38.0 Å². The van der Waals surface area contributed by atoms with Crippen LogP contribution in [0.1, 0.15) is 24.8 Å². The molecule has 0 radical (unpaired) electrons. The first-order chi connectivity index (χ1) is 9.34. The number of rotatable bonds is 4. The second kappa shape index (κ2) is 5.55. The molecule has 1 aliphatic rings. The predicted octanol–water partition coefficient (Wildman–Crippen LogP) is 1.88. The average Bonchev–Trinajstić information content (AvgIpc) is 3.08. The second-order valence-corrected chi connectivity index (χ2v) is 5.06. The van der Waals surface area contributed by atoms with Crippen LogP contribution in [0.2, 0.25) is 0 Å². The van der Waals surface area contributed by atoms with Gasteiger partial charge in [-0.2, -0.15) is 5.10 Å². The summed E-state index contributed by atoms with van der Waals surface area (Å²) in [5.41, 5.74) is 2.29. The number of aliphatic hydroxyl groups is 1. The highest BCUT2D eigenvalue weighted by Crippen LogP contribution is 2.20. The molecular formula is C15H19N3O. The number of para-hydroxylation sites is 1. The number of aliphatic hydroxyl groups excluding tert-OH is 1. The van der Waals surface area contributed by atoms with Gasteiger partial charge >= 0.3 is 0 Å². The maximum absolute atomic E-state index is 9.84. The van der Waals surface area contributed by atoms with Crippen LogP contribution in [0.4, 0.5) is 0 Å². The number of nitrogens with zero attached hydrogens (tertiary/aromatic N) is 2. The van der Waals surface area contributed by atoms with E-state index in [-0.39, 0.29) is 12.1 Å². The van der Waals surface area contributed by atoms with E-state index in [4.69, 9.17) is 0 Å². The van der Waals surface area contributed by atoms with Gasteiger partial charge in [0.1, 0.15) is 0 Å². The van der Waals surface area contributed by atoms with E-state index in [0.29, 0.717) is 0 Å². The largest absolute Gasteiger partial charge is 0.392 e. The summed E-state index contributed by atoms with van der Waals surface area (Å²) < 4.78 is 1.88. The minimum Gasteiger partial charge on any atom is -0.392 e. The number of hydrogen-bond acceptors (Lipinski definition) is 3. The minimum absolute atomic E-state index is 0.197. The molecule has 0 aliphatic heterocycles. The van der Waals surface area contributed by atoms with Gasteiger partial charge in [-0.05, 0) is 37.0 Å². The van der Waals surface area contributed by atoms with Crippen LogP contribution >= 0.6 is 0 Å². The first-order valence-electron chi connectivity index (χ1n) is 6.84. The van der Waals surface area contributed by atoms with E-state index in [9.17, 15) is 5.11 Å². The zero-order valence-electron chi connectivity index (χ0n) is 10.9. The van der Waals surface area contributed by atoms with Crippen molar-refractivity contribution >= 4 is 0 Å². The van der Waals surface area contributed by atoms with Gasteiger partial charge in [-0.15, -0.1) is 0 Å². The lowest BCUT2D eigenvalue weighted by molar-refractivity contribution is 0.148. The molecule has 1 heterocycles. The highest BCUT2D eigenvalue weighted by Gasteiger charge is 2.24. The standard InChI is InChI=1S/C15H19N3O/c19-15-8-3-6-13(15)16-11-12-5-1-2-7-14(12)18-10-4-9-17-18/h1-2,4-5,7,9-10,13,15-16,19H,3,6,8,11H2. The summed E-state index contributed by atoms with van der Waals surface area (Å²) in [5.74, 6) is 0. The fraction of sp³-hybridized carbons (Fsp3) is 0.400. The summed E-state index contributed by atoms with van der Waals surface area (Å²) in [6.07, 6.45) is 6.62. The van der Waals surface area contributed by atoms with Crippen molar-refractivity contribution in [2.75, 3.05) is 0 Å². The van der Waals surface area contributed by atoms with Crippen LogP contribution in [0.15, 0.2) is 42.7 Å². The van der Waals surface area contributed by atoms with Crippen LogP contribution in [-0.4, -0.2) is 27.0 Å². The fourth-order valence-electron chi connectivity index (χ4n) is 2.71. The molecule has 1 aliphatic carbocycles. The van der Waals surface area contributed by atoms with Gasteiger partial charge in [-0.1, -0.05) is 18.2 Å². The van der Waals surface area contributed by atoms with Gasteiger partial charge in [0.05, 0.1) is 11.8 Å². The van der Waals surface area contributed by atoms with Crippen molar-refractivity contribution in [3.63, 3.8) is 0 Å². The molecule has 4 nitrogen and oxygen atoms in total. The van der Waals surface area contributed by atoms with Crippen molar-refractivity contribution in [3.05, 3.63) is 48.3 Å². The fourth-order valence-corrected chi connectivity index (χ4v) is 2.71. The molecule has 1 fully saturated rings. The summed E-state index contributed by atoms with van der Waals surface area (Å²) in [6.45, 7) is 0.762. The lowest BCUT2D eigenvalue weighted by atomic mass is 10.1. The third kappa shape index (κ3) is 2.69. The lowest BCUT2D eigenvalue weighted by Gasteiger charge is -2.17. The van der Waals surface area contributed by atoms with E-state index in [2.05, 4.69) is 22.5 Å². The van der Waals surface area contributed by atoms with Crippen molar-refractivity contribution < 1.29 is 5.11 Å². The lowest BCUT2D eigenvalue weighted by Crippen LogP contribution is -2.35. The highest BCUT2D eigenvalue weighted by molar-refractivity contribution is 5.40. The Balaban J connectivity index is 1.74. The predicted molar refractivity (Wildman–Crippen MR) is 74.0 cm³/mol. The minimum atomic E-state index is -0.197.